The van der Waals surface area contributed by atoms with Gasteiger partial charge in [-0.15, -0.1) is 22.7 Å². The van der Waals surface area contributed by atoms with Crippen molar-refractivity contribution in [3.8, 4) is 39.5 Å². The molecule has 0 unspecified atom stereocenters. The van der Waals surface area contributed by atoms with Crippen molar-refractivity contribution in [1.29, 1.82) is 0 Å². The molecule has 0 aliphatic heterocycles. The Bertz CT molecular complexity index is 4200. The maximum atomic E-state index is 5.45. The Morgan fingerprint density at radius 3 is 1.83 bits per heavy atom. The summed E-state index contributed by atoms with van der Waals surface area (Å²) >= 11 is 3.75. The summed E-state index contributed by atoms with van der Waals surface area (Å²) in [6, 6.07) is 72.8. The molecule has 0 saturated carbocycles. The molecular formula is C58H33N3S2. The minimum atomic E-state index is 0.721. The molecule has 0 amide bonds. The van der Waals surface area contributed by atoms with Crippen molar-refractivity contribution < 1.29 is 0 Å². The first-order valence-electron chi connectivity index (χ1n) is 21.3. The van der Waals surface area contributed by atoms with Gasteiger partial charge in [-0.25, -0.2) is 9.97 Å². The predicted molar refractivity (Wildman–Crippen MR) is 271 cm³/mol. The van der Waals surface area contributed by atoms with Crippen LogP contribution < -0.4 is 0 Å². The molecular weight excluding hydrogens is 803 g/mol. The van der Waals surface area contributed by atoms with E-state index in [0.29, 0.717) is 0 Å². The summed E-state index contributed by atoms with van der Waals surface area (Å²) in [4.78, 5) is 10.8. The number of thiophene rings is 2. The number of rotatable bonds is 4. The van der Waals surface area contributed by atoms with Crippen LogP contribution in [0.5, 0.6) is 0 Å². The van der Waals surface area contributed by atoms with E-state index in [1.807, 2.05) is 22.7 Å². The molecule has 0 bridgehead atoms. The lowest BCUT2D eigenvalue weighted by Gasteiger charge is -2.13. The number of hydrogen-bond acceptors (Lipinski definition) is 4. The molecule has 0 N–H and O–H groups in total. The fourth-order valence-corrected chi connectivity index (χ4v) is 12.5. The van der Waals surface area contributed by atoms with Crippen molar-refractivity contribution in [2.75, 3.05) is 0 Å². The van der Waals surface area contributed by atoms with Crippen molar-refractivity contribution in [3.05, 3.63) is 200 Å². The second-order valence-electron chi connectivity index (χ2n) is 16.4. The molecule has 14 rings (SSSR count). The average Bonchev–Trinajstić information content (AvgIpc) is 4.04. The lowest BCUT2D eigenvalue weighted by Crippen LogP contribution is -1.96. The summed E-state index contributed by atoms with van der Waals surface area (Å²) < 4.78 is 7.66. The lowest BCUT2D eigenvalue weighted by molar-refractivity contribution is 1.20. The smallest absolute Gasteiger partial charge is 0.160 e. The van der Waals surface area contributed by atoms with Crippen LogP contribution in [-0.2, 0) is 0 Å². The molecule has 0 fully saturated rings. The standard InChI is InChI=1S/C58H33N3S2/c1-2-12-34(13-3-1)35-22-24-37(25-23-35)55-54-40-15-5-4-14-36(40)26-29-47(54)59-58(60-55)38-27-30-50-45(32-38)46-33-39(28-31-51(46)62-50)61-48-20-10-8-18-43(48)52-41-16-6-7-17-42(41)53-44-19-9-11-21-49(44)63-57(53)56(52)61/h1-33H. The third-order valence-electron chi connectivity index (χ3n) is 13.0. The Labute approximate surface area is 369 Å². The van der Waals surface area contributed by atoms with E-state index in [0.717, 1.165) is 44.6 Å². The van der Waals surface area contributed by atoms with Gasteiger partial charge in [0.1, 0.15) is 0 Å². The molecule has 3 nitrogen and oxygen atoms in total. The van der Waals surface area contributed by atoms with Crippen LogP contribution in [0.1, 0.15) is 0 Å². The molecule has 10 aromatic carbocycles. The van der Waals surface area contributed by atoms with Gasteiger partial charge >= 0.3 is 0 Å². The van der Waals surface area contributed by atoms with E-state index in [1.54, 1.807) is 0 Å². The molecule has 63 heavy (non-hydrogen) atoms. The first-order chi connectivity index (χ1) is 31.2. The summed E-state index contributed by atoms with van der Waals surface area (Å²) in [7, 11) is 0. The van der Waals surface area contributed by atoms with Gasteiger partial charge in [-0.2, -0.15) is 0 Å². The number of nitrogens with zero attached hydrogens (tertiary/aromatic N) is 3. The summed E-state index contributed by atoms with van der Waals surface area (Å²) in [6.07, 6.45) is 0. The molecule has 0 radical (unpaired) electrons. The molecule has 0 saturated heterocycles. The number of benzene rings is 10. The van der Waals surface area contributed by atoms with E-state index in [-0.39, 0.29) is 0 Å². The highest BCUT2D eigenvalue weighted by atomic mass is 32.1. The Hall–Kier alpha value is -7.70. The van der Waals surface area contributed by atoms with Gasteiger partial charge in [0, 0.05) is 68.6 Å². The number of fused-ring (bicyclic) bond motifs is 16. The van der Waals surface area contributed by atoms with Gasteiger partial charge in [-0.3, -0.25) is 0 Å². The maximum absolute atomic E-state index is 5.45. The molecule has 5 heteroatoms. The third-order valence-corrected chi connectivity index (χ3v) is 15.3. The van der Waals surface area contributed by atoms with Gasteiger partial charge in [0.15, 0.2) is 5.82 Å². The van der Waals surface area contributed by atoms with Crippen LogP contribution in [0, 0.1) is 0 Å². The van der Waals surface area contributed by atoms with Crippen LogP contribution in [-0.4, -0.2) is 14.5 Å². The van der Waals surface area contributed by atoms with E-state index in [2.05, 4.69) is 205 Å². The molecule has 292 valence electrons. The van der Waals surface area contributed by atoms with Crippen LogP contribution in [0.15, 0.2) is 200 Å². The van der Waals surface area contributed by atoms with Gasteiger partial charge in [-0.1, -0.05) is 146 Å². The van der Waals surface area contributed by atoms with Crippen molar-refractivity contribution in [2.45, 2.75) is 0 Å². The third kappa shape index (κ3) is 5.18. The van der Waals surface area contributed by atoms with Gasteiger partial charge < -0.3 is 4.57 Å². The number of aromatic nitrogens is 3. The highest BCUT2D eigenvalue weighted by Gasteiger charge is 2.22. The minimum absolute atomic E-state index is 0.721. The lowest BCUT2D eigenvalue weighted by atomic mass is 9.98. The first-order valence-corrected chi connectivity index (χ1v) is 22.9. The average molecular weight is 836 g/mol. The summed E-state index contributed by atoms with van der Waals surface area (Å²) in [5.41, 5.74) is 9.96. The van der Waals surface area contributed by atoms with E-state index in [4.69, 9.17) is 9.97 Å². The zero-order chi connectivity index (χ0) is 41.2. The number of hydrogen-bond donors (Lipinski definition) is 0. The summed E-state index contributed by atoms with van der Waals surface area (Å²) in [5.74, 6) is 0.721. The van der Waals surface area contributed by atoms with Crippen molar-refractivity contribution >= 4 is 117 Å². The van der Waals surface area contributed by atoms with Crippen LogP contribution in [0.4, 0.5) is 0 Å². The Kier molecular flexibility index (Phi) is 7.43. The molecule has 0 aliphatic rings. The van der Waals surface area contributed by atoms with Gasteiger partial charge in [0.2, 0.25) is 0 Å². The van der Waals surface area contributed by atoms with Gasteiger partial charge in [0.05, 0.1) is 26.9 Å². The molecule has 0 aliphatic carbocycles. The van der Waals surface area contributed by atoms with Crippen molar-refractivity contribution in [1.82, 2.24) is 14.5 Å². The highest BCUT2D eigenvalue weighted by Crippen LogP contribution is 2.48. The van der Waals surface area contributed by atoms with Gasteiger partial charge in [0.25, 0.3) is 0 Å². The zero-order valence-electron chi connectivity index (χ0n) is 33.7. The quantitative estimate of drug-likeness (QED) is 0.165. The predicted octanol–water partition coefficient (Wildman–Crippen LogP) is 16.8. The van der Waals surface area contributed by atoms with Crippen LogP contribution in [0.2, 0.25) is 0 Å². The molecule has 4 aromatic heterocycles. The maximum Gasteiger partial charge on any atom is 0.160 e. The second-order valence-corrected chi connectivity index (χ2v) is 18.6. The topological polar surface area (TPSA) is 30.7 Å². The highest BCUT2D eigenvalue weighted by molar-refractivity contribution is 7.27. The summed E-state index contributed by atoms with van der Waals surface area (Å²) in [5, 5.41) is 13.7. The van der Waals surface area contributed by atoms with Gasteiger partial charge in [-0.05, 0) is 87.3 Å². The molecule has 0 atom stereocenters. The molecule has 0 spiro atoms. The normalized spacial score (nSPS) is 12.1. The van der Waals surface area contributed by atoms with E-state index >= 15 is 0 Å². The fraction of sp³-hybridized carbons (Fsp3) is 0. The largest absolute Gasteiger partial charge is 0.308 e. The van der Waals surface area contributed by atoms with Crippen LogP contribution in [0.25, 0.3) is 134 Å². The Morgan fingerprint density at radius 2 is 0.984 bits per heavy atom. The first kappa shape index (κ1) is 35.0. The van der Waals surface area contributed by atoms with Crippen molar-refractivity contribution in [2.24, 2.45) is 0 Å². The zero-order valence-corrected chi connectivity index (χ0v) is 35.3. The van der Waals surface area contributed by atoms with E-state index in [1.165, 1.54) is 89.4 Å². The van der Waals surface area contributed by atoms with E-state index < -0.39 is 0 Å². The summed E-state index contributed by atoms with van der Waals surface area (Å²) in [6.45, 7) is 0. The molecule has 14 aromatic rings. The Balaban J connectivity index is 0.987. The SMILES string of the molecule is c1ccc(-c2ccc(-c3nc(-c4ccc5sc6ccc(-n7c8ccccc8c8c9ccccc9c9c%10ccccc%10sc9c87)cc6c5c4)nc4ccc5ccccc5c34)cc2)cc1. The minimum Gasteiger partial charge on any atom is -0.308 e. The van der Waals surface area contributed by atoms with Crippen molar-refractivity contribution in [3.63, 3.8) is 0 Å². The Morgan fingerprint density at radius 1 is 0.365 bits per heavy atom. The van der Waals surface area contributed by atoms with E-state index in [9.17, 15) is 0 Å². The van der Waals surface area contributed by atoms with Crippen LogP contribution in [0.3, 0.4) is 0 Å². The fourth-order valence-electron chi connectivity index (χ4n) is 10.1. The number of para-hydroxylation sites is 1. The molecule has 4 heterocycles. The van der Waals surface area contributed by atoms with Crippen LogP contribution >= 0.6 is 22.7 Å². The monoisotopic (exact) mass is 835 g/mol. The second kappa shape index (κ2) is 13.4.